The van der Waals surface area contributed by atoms with Gasteiger partial charge in [-0.25, -0.2) is 4.98 Å². The maximum absolute atomic E-state index is 12.4. The van der Waals surface area contributed by atoms with Crippen LogP contribution in [0.25, 0.3) is 10.9 Å². The van der Waals surface area contributed by atoms with E-state index in [1.165, 1.54) is 11.1 Å². The summed E-state index contributed by atoms with van der Waals surface area (Å²) in [6.07, 6.45) is 2.57. The van der Waals surface area contributed by atoms with Crippen molar-refractivity contribution in [2.24, 2.45) is 0 Å². The first-order valence-electron chi connectivity index (χ1n) is 9.82. The molecule has 2 N–H and O–H groups in total. The highest BCUT2D eigenvalue weighted by Crippen LogP contribution is 2.34. The van der Waals surface area contributed by atoms with Gasteiger partial charge >= 0.3 is 0 Å². The van der Waals surface area contributed by atoms with Crippen LogP contribution < -0.4 is 10.6 Å². The average Bonchev–Trinajstić information content (AvgIpc) is 3.38. The van der Waals surface area contributed by atoms with E-state index in [0.29, 0.717) is 12.5 Å². The molecule has 1 aliphatic carbocycles. The Morgan fingerprint density at radius 1 is 1.03 bits per heavy atom. The van der Waals surface area contributed by atoms with Gasteiger partial charge in [0.15, 0.2) is 0 Å². The van der Waals surface area contributed by atoms with E-state index in [4.69, 9.17) is 4.98 Å². The van der Waals surface area contributed by atoms with Crippen LogP contribution >= 0.6 is 11.3 Å². The summed E-state index contributed by atoms with van der Waals surface area (Å²) in [6.45, 7) is 0. The Labute approximate surface area is 173 Å². The Morgan fingerprint density at radius 2 is 1.97 bits per heavy atom. The third-order valence-electron chi connectivity index (χ3n) is 5.38. The van der Waals surface area contributed by atoms with Crippen molar-refractivity contribution < 1.29 is 4.79 Å². The fraction of sp³-hybridized carbons (Fsp3) is 0.167. The van der Waals surface area contributed by atoms with E-state index in [1.54, 1.807) is 11.3 Å². The molecule has 0 radical (unpaired) electrons. The summed E-state index contributed by atoms with van der Waals surface area (Å²) in [4.78, 5) is 18.3. The van der Waals surface area contributed by atoms with Crippen LogP contribution in [0.3, 0.4) is 0 Å². The van der Waals surface area contributed by atoms with E-state index in [0.717, 1.165) is 40.1 Å². The van der Waals surface area contributed by atoms with Gasteiger partial charge in [-0.2, -0.15) is 0 Å². The average molecular weight is 400 g/mol. The van der Waals surface area contributed by atoms with Gasteiger partial charge in [-0.05, 0) is 59.7 Å². The zero-order valence-electron chi connectivity index (χ0n) is 15.9. The molecule has 29 heavy (non-hydrogen) atoms. The van der Waals surface area contributed by atoms with Crippen molar-refractivity contribution in [2.75, 3.05) is 10.6 Å². The molecule has 1 amide bonds. The van der Waals surface area contributed by atoms with Crippen molar-refractivity contribution in [3.05, 3.63) is 88.1 Å². The number of rotatable bonds is 5. The third kappa shape index (κ3) is 3.74. The van der Waals surface area contributed by atoms with Crippen LogP contribution in [0.5, 0.6) is 0 Å². The molecule has 0 aliphatic heterocycles. The Kier molecular flexibility index (Phi) is 4.74. The van der Waals surface area contributed by atoms with Crippen molar-refractivity contribution in [2.45, 2.75) is 25.3 Å². The molecular formula is C24H21N3OS. The largest absolute Gasteiger partial charge is 0.363 e. The monoisotopic (exact) mass is 399 g/mol. The fourth-order valence-electron chi connectivity index (χ4n) is 4.00. The molecule has 0 bridgehead atoms. The van der Waals surface area contributed by atoms with Gasteiger partial charge in [0, 0.05) is 10.3 Å². The smallest absolute Gasteiger partial charge is 0.229 e. The van der Waals surface area contributed by atoms with E-state index in [9.17, 15) is 4.79 Å². The fourth-order valence-corrected chi connectivity index (χ4v) is 4.70. The van der Waals surface area contributed by atoms with Crippen LogP contribution in [0.15, 0.2) is 72.1 Å². The number of thiophene rings is 1. The lowest BCUT2D eigenvalue weighted by Crippen LogP contribution is -2.14. The number of carbonyl (C=O) groups excluding carboxylic acids is 1. The van der Waals surface area contributed by atoms with Crippen molar-refractivity contribution in [1.82, 2.24) is 4.98 Å². The molecule has 1 aliphatic rings. The first-order chi connectivity index (χ1) is 14.3. The van der Waals surface area contributed by atoms with Gasteiger partial charge in [0.1, 0.15) is 5.82 Å². The quantitative estimate of drug-likeness (QED) is 0.461. The zero-order valence-corrected chi connectivity index (χ0v) is 16.7. The maximum atomic E-state index is 12.4. The molecule has 0 saturated heterocycles. The lowest BCUT2D eigenvalue weighted by atomic mass is 10.1. The Balaban J connectivity index is 1.35. The molecule has 0 saturated carbocycles. The number of hydrogen-bond acceptors (Lipinski definition) is 4. The highest BCUT2D eigenvalue weighted by Gasteiger charge is 2.22. The Hall–Kier alpha value is -3.18. The minimum atomic E-state index is -0.00952. The molecule has 144 valence electrons. The number of hydrogen-bond donors (Lipinski definition) is 2. The van der Waals surface area contributed by atoms with Gasteiger partial charge in [0.05, 0.1) is 23.7 Å². The maximum Gasteiger partial charge on any atom is 0.229 e. The van der Waals surface area contributed by atoms with Gasteiger partial charge in [0.2, 0.25) is 5.91 Å². The molecule has 2 aromatic heterocycles. The molecule has 0 spiro atoms. The molecule has 0 fully saturated rings. The number of carbonyl (C=O) groups is 1. The summed E-state index contributed by atoms with van der Waals surface area (Å²) in [6, 6.07) is 22.7. The van der Waals surface area contributed by atoms with E-state index in [-0.39, 0.29) is 5.91 Å². The summed E-state index contributed by atoms with van der Waals surface area (Å²) < 4.78 is 0. The molecule has 5 heteroatoms. The summed E-state index contributed by atoms with van der Waals surface area (Å²) in [5, 5.41) is 9.55. The van der Waals surface area contributed by atoms with Crippen LogP contribution in [0.2, 0.25) is 0 Å². The van der Waals surface area contributed by atoms with E-state index < -0.39 is 0 Å². The van der Waals surface area contributed by atoms with Crippen LogP contribution in [0.1, 0.15) is 28.5 Å². The van der Waals surface area contributed by atoms with Gasteiger partial charge in [-0.15, -0.1) is 11.3 Å². The van der Waals surface area contributed by atoms with Crippen LogP contribution in [-0.2, 0) is 17.6 Å². The molecule has 2 heterocycles. The summed E-state index contributed by atoms with van der Waals surface area (Å²) in [5.74, 6) is 0.853. The number of pyridine rings is 1. The minimum absolute atomic E-state index is 0.00952. The van der Waals surface area contributed by atoms with Crippen molar-refractivity contribution in [3.8, 4) is 0 Å². The lowest BCUT2D eigenvalue weighted by molar-refractivity contribution is -0.115. The highest BCUT2D eigenvalue weighted by atomic mass is 32.1. The van der Waals surface area contributed by atoms with E-state index in [1.807, 2.05) is 47.8 Å². The molecular weight excluding hydrogens is 378 g/mol. The Morgan fingerprint density at radius 3 is 2.86 bits per heavy atom. The predicted molar refractivity (Wildman–Crippen MR) is 120 cm³/mol. The number of aromatic nitrogens is 1. The third-order valence-corrected chi connectivity index (χ3v) is 6.25. The number of fused-ring (bicyclic) bond motifs is 2. The first kappa shape index (κ1) is 17.9. The Bertz CT molecular complexity index is 1170. The predicted octanol–water partition coefficient (Wildman–Crippen LogP) is 5.58. The summed E-state index contributed by atoms with van der Waals surface area (Å²) in [7, 11) is 0. The molecule has 4 aromatic rings. The second-order valence-electron chi connectivity index (χ2n) is 7.31. The van der Waals surface area contributed by atoms with E-state index >= 15 is 0 Å². The molecule has 1 atom stereocenters. The standard InChI is InChI=1S/C24H21N3OS/c28-24(15-17-6-4-14-29-17)27-21-9-3-8-20-19(21)11-13-23(25-20)26-22-12-10-16-5-1-2-7-18(16)22/h1-9,11,13-14,22H,10,12,15H2,(H,25,26)(H,27,28)/t22-/m1/s1. The minimum Gasteiger partial charge on any atom is -0.363 e. The second kappa shape index (κ2) is 7.68. The molecule has 4 nitrogen and oxygen atoms in total. The van der Waals surface area contributed by atoms with Crippen LogP contribution in [-0.4, -0.2) is 10.9 Å². The van der Waals surface area contributed by atoms with Crippen LogP contribution in [0.4, 0.5) is 11.5 Å². The van der Waals surface area contributed by atoms with Gasteiger partial charge in [0.25, 0.3) is 0 Å². The zero-order chi connectivity index (χ0) is 19.6. The number of anilines is 2. The molecule has 5 rings (SSSR count). The number of amides is 1. The normalized spacial score (nSPS) is 15.2. The first-order valence-corrected chi connectivity index (χ1v) is 10.7. The van der Waals surface area contributed by atoms with Crippen molar-refractivity contribution in [1.29, 1.82) is 0 Å². The molecule has 2 aromatic carbocycles. The van der Waals surface area contributed by atoms with Crippen molar-refractivity contribution in [3.63, 3.8) is 0 Å². The summed E-state index contributed by atoms with van der Waals surface area (Å²) in [5.41, 5.74) is 4.45. The van der Waals surface area contributed by atoms with E-state index in [2.05, 4.69) is 34.9 Å². The number of aryl methyl sites for hydroxylation is 1. The van der Waals surface area contributed by atoms with Gasteiger partial charge in [-0.1, -0.05) is 36.4 Å². The number of benzene rings is 2. The number of nitrogens with one attached hydrogen (secondary N) is 2. The van der Waals surface area contributed by atoms with Crippen LogP contribution in [0, 0.1) is 0 Å². The highest BCUT2D eigenvalue weighted by molar-refractivity contribution is 7.10. The SMILES string of the molecule is O=C(Cc1cccs1)Nc1cccc2nc(N[C@@H]3CCc4ccccc43)ccc12. The number of nitrogens with zero attached hydrogens (tertiary/aromatic N) is 1. The second-order valence-corrected chi connectivity index (χ2v) is 8.34. The topological polar surface area (TPSA) is 54.0 Å². The van der Waals surface area contributed by atoms with Gasteiger partial charge < -0.3 is 10.6 Å². The lowest BCUT2D eigenvalue weighted by Gasteiger charge is -2.16. The molecule has 0 unspecified atom stereocenters. The van der Waals surface area contributed by atoms with Crippen molar-refractivity contribution >= 4 is 39.7 Å². The van der Waals surface area contributed by atoms with Gasteiger partial charge in [-0.3, -0.25) is 4.79 Å². The summed E-state index contributed by atoms with van der Waals surface area (Å²) >= 11 is 1.60.